The molecule has 0 aliphatic heterocycles. The highest BCUT2D eigenvalue weighted by molar-refractivity contribution is 5.91. The molecule has 3 rings (SSSR count). The van der Waals surface area contributed by atoms with Crippen LogP contribution in [-0.4, -0.2) is 25.3 Å². The third kappa shape index (κ3) is 4.76. The van der Waals surface area contributed by atoms with E-state index in [4.69, 9.17) is 14.0 Å². The number of carbonyl (C=O) groups excluding carboxylic acids is 1. The molecular formula is C21H19FN2O4. The summed E-state index contributed by atoms with van der Waals surface area (Å²) < 4.78 is 28.6. The zero-order chi connectivity index (χ0) is 19.9. The highest BCUT2D eigenvalue weighted by atomic mass is 19.1. The molecular weight excluding hydrogens is 363 g/mol. The van der Waals surface area contributed by atoms with E-state index in [2.05, 4.69) is 10.5 Å². The number of benzene rings is 2. The van der Waals surface area contributed by atoms with E-state index < -0.39 is 0 Å². The zero-order valence-electron chi connectivity index (χ0n) is 15.4. The Morgan fingerprint density at radius 2 is 1.86 bits per heavy atom. The summed E-state index contributed by atoms with van der Waals surface area (Å²) in [5.74, 6) is 1.11. The van der Waals surface area contributed by atoms with Crippen LogP contribution in [0, 0.1) is 5.82 Å². The second kappa shape index (κ2) is 8.85. The van der Waals surface area contributed by atoms with Crippen molar-refractivity contribution in [2.75, 3.05) is 14.2 Å². The van der Waals surface area contributed by atoms with Crippen LogP contribution in [0.3, 0.4) is 0 Å². The molecule has 0 saturated carbocycles. The highest BCUT2D eigenvalue weighted by Gasteiger charge is 2.08. The van der Waals surface area contributed by atoms with Gasteiger partial charge in [0.2, 0.25) is 5.91 Å². The van der Waals surface area contributed by atoms with Gasteiger partial charge in [0.15, 0.2) is 17.3 Å². The number of carbonyl (C=O) groups is 1. The predicted molar refractivity (Wildman–Crippen MR) is 102 cm³/mol. The Balaban J connectivity index is 1.57. The van der Waals surface area contributed by atoms with E-state index in [1.54, 1.807) is 50.6 Å². The van der Waals surface area contributed by atoms with Gasteiger partial charge in [-0.3, -0.25) is 4.79 Å². The number of methoxy groups -OCH3 is 2. The smallest absolute Gasteiger partial charge is 0.244 e. The maximum Gasteiger partial charge on any atom is 0.244 e. The molecule has 1 heterocycles. The van der Waals surface area contributed by atoms with Crippen LogP contribution in [0.4, 0.5) is 4.39 Å². The van der Waals surface area contributed by atoms with Crippen molar-refractivity contribution in [3.63, 3.8) is 0 Å². The summed E-state index contributed by atoms with van der Waals surface area (Å²) in [5, 5.41) is 6.64. The number of hydrogen-bond donors (Lipinski definition) is 1. The van der Waals surface area contributed by atoms with Crippen molar-refractivity contribution >= 4 is 12.0 Å². The molecule has 0 aliphatic rings. The van der Waals surface area contributed by atoms with Gasteiger partial charge in [0.1, 0.15) is 11.5 Å². The summed E-state index contributed by atoms with van der Waals surface area (Å²) in [6.07, 6.45) is 3.09. The molecule has 2 aromatic carbocycles. The molecule has 0 unspecified atom stereocenters. The quantitative estimate of drug-likeness (QED) is 0.629. The van der Waals surface area contributed by atoms with Gasteiger partial charge in [0.05, 0.1) is 20.8 Å². The van der Waals surface area contributed by atoms with Gasteiger partial charge in [-0.25, -0.2) is 4.39 Å². The van der Waals surface area contributed by atoms with Crippen LogP contribution in [0.1, 0.15) is 11.3 Å². The summed E-state index contributed by atoms with van der Waals surface area (Å²) >= 11 is 0. The van der Waals surface area contributed by atoms with E-state index in [1.165, 1.54) is 18.2 Å². The number of ether oxygens (including phenoxy) is 2. The summed E-state index contributed by atoms with van der Waals surface area (Å²) in [4.78, 5) is 12.0. The lowest BCUT2D eigenvalue weighted by Gasteiger charge is -2.07. The minimum absolute atomic E-state index is 0.208. The van der Waals surface area contributed by atoms with Crippen LogP contribution in [-0.2, 0) is 11.3 Å². The van der Waals surface area contributed by atoms with Crippen molar-refractivity contribution < 1.29 is 23.2 Å². The Kier molecular flexibility index (Phi) is 6.06. The Morgan fingerprint density at radius 3 is 2.57 bits per heavy atom. The van der Waals surface area contributed by atoms with E-state index in [1.807, 2.05) is 6.07 Å². The number of amides is 1. The lowest BCUT2D eigenvalue weighted by atomic mass is 10.1. The first-order valence-corrected chi connectivity index (χ1v) is 8.48. The molecule has 6 nitrogen and oxygen atoms in total. The second-order valence-electron chi connectivity index (χ2n) is 5.85. The van der Waals surface area contributed by atoms with Crippen molar-refractivity contribution in [3.8, 4) is 22.8 Å². The normalized spacial score (nSPS) is 10.8. The molecule has 3 aromatic rings. The van der Waals surface area contributed by atoms with Gasteiger partial charge >= 0.3 is 0 Å². The Labute approximate surface area is 161 Å². The van der Waals surface area contributed by atoms with Crippen molar-refractivity contribution in [1.82, 2.24) is 10.5 Å². The van der Waals surface area contributed by atoms with Crippen LogP contribution in [0.5, 0.6) is 11.5 Å². The molecule has 0 radical (unpaired) electrons. The largest absolute Gasteiger partial charge is 0.493 e. The van der Waals surface area contributed by atoms with Gasteiger partial charge in [-0.1, -0.05) is 11.2 Å². The van der Waals surface area contributed by atoms with Crippen molar-refractivity contribution in [2.24, 2.45) is 0 Å². The van der Waals surface area contributed by atoms with Gasteiger partial charge in [0, 0.05) is 17.7 Å². The molecule has 28 heavy (non-hydrogen) atoms. The maximum atomic E-state index is 13.0. The molecule has 0 aliphatic carbocycles. The average molecular weight is 382 g/mol. The Hall–Kier alpha value is -3.61. The van der Waals surface area contributed by atoms with E-state index in [-0.39, 0.29) is 18.3 Å². The predicted octanol–water partition coefficient (Wildman–Crippen LogP) is 3.83. The first-order chi connectivity index (χ1) is 13.6. The fourth-order valence-electron chi connectivity index (χ4n) is 2.51. The molecule has 1 amide bonds. The van der Waals surface area contributed by atoms with Crippen molar-refractivity contribution in [1.29, 1.82) is 0 Å². The van der Waals surface area contributed by atoms with Crippen LogP contribution in [0.2, 0.25) is 0 Å². The number of hydrogen-bond acceptors (Lipinski definition) is 5. The van der Waals surface area contributed by atoms with Crippen LogP contribution in [0.15, 0.2) is 59.1 Å². The van der Waals surface area contributed by atoms with Gasteiger partial charge in [0.25, 0.3) is 0 Å². The molecule has 0 fully saturated rings. The van der Waals surface area contributed by atoms with Crippen LogP contribution in [0.25, 0.3) is 17.4 Å². The lowest BCUT2D eigenvalue weighted by Crippen LogP contribution is -2.20. The maximum absolute atomic E-state index is 13.0. The number of nitrogens with zero attached hydrogens (tertiary/aromatic N) is 1. The number of aromatic nitrogens is 1. The summed E-state index contributed by atoms with van der Waals surface area (Å²) in [5.41, 5.74) is 2.07. The molecule has 144 valence electrons. The van der Waals surface area contributed by atoms with E-state index in [9.17, 15) is 9.18 Å². The Bertz CT molecular complexity index is 980. The summed E-state index contributed by atoms with van der Waals surface area (Å²) in [7, 11) is 3.11. The first kappa shape index (κ1) is 19.2. The van der Waals surface area contributed by atoms with Crippen LogP contribution >= 0.6 is 0 Å². The van der Waals surface area contributed by atoms with Gasteiger partial charge in [-0.2, -0.15) is 0 Å². The Morgan fingerprint density at radius 1 is 1.11 bits per heavy atom. The molecule has 1 aromatic heterocycles. The number of halogens is 1. The first-order valence-electron chi connectivity index (χ1n) is 8.48. The third-order valence-corrected chi connectivity index (χ3v) is 3.97. The second-order valence-corrected chi connectivity index (χ2v) is 5.85. The zero-order valence-corrected chi connectivity index (χ0v) is 15.4. The molecule has 1 N–H and O–H groups in total. The van der Waals surface area contributed by atoms with Crippen molar-refractivity contribution in [2.45, 2.75) is 6.54 Å². The standard InChI is InChI=1S/C21H19FN2O4/c1-26-18-9-3-14(11-20(18)27-2)4-10-21(25)23-13-17-12-19(28-24-17)15-5-7-16(22)8-6-15/h3-12H,13H2,1-2H3,(H,23,25)/b10-4+. The van der Waals surface area contributed by atoms with Gasteiger partial charge in [-0.05, 0) is 48.0 Å². The number of rotatable bonds is 7. The fraction of sp³-hybridized carbons (Fsp3) is 0.143. The van der Waals surface area contributed by atoms with Gasteiger partial charge < -0.3 is 19.3 Å². The summed E-state index contributed by atoms with van der Waals surface area (Å²) in [6.45, 7) is 0.208. The molecule has 0 bridgehead atoms. The van der Waals surface area contributed by atoms with Crippen molar-refractivity contribution in [3.05, 3.63) is 71.7 Å². The van der Waals surface area contributed by atoms with E-state index in [0.29, 0.717) is 28.5 Å². The average Bonchev–Trinajstić information content (AvgIpc) is 3.20. The highest BCUT2D eigenvalue weighted by Crippen LogP contribution is 2.28. The fourth-order valence-corrected chi connectivity index (χ4v) is 2.51. The molecule has 0 atom stereocenters. The molecule has 0 spiro atoms. The molecule has 7 heteroatoms. The SMILES string of the molecule is COc1ccc(/C=C/C(=O)NCc2cc(-c3ccc(F)cc3)on2)cc1OC. The number of nitrogens with one attached hydrogen (secondary N) is 1. The minimum Gasteiger partial charge on any atom is -0.493 e. The third-order valence-electron chi connectivity index (χ3n) is 3.97. The van der Waals surface area contributed by atoms with Gasteiger partial charge in [-0.15, -0.1) is 0 Å². The minimum atomic E-state index is -0.322. The van der Waals surface area contributed by atoms with E-state index >= 15 is 0 Å². The van der Waals surface area contributed by atoms with E-state index in [0.717, 1.165) is 5.56 Å². The lowest BCUT2D eigenvalue weighted by molar-refractivity contribution is -0.116. The summed E-state index contributed by atoms with van der Waals surface area (Å²) in [6, 6.07) is 13.0. The van der Waals surface area contributed by atoms with Crippen LogP contribution < -0.4 is 14.8 Å². The molecule has 0 saturated heterocycles. The topological polar surface area (TPSA) is 73.6 Å². The monoisotopic (exact) mass is 382 g/mol.